The summed E-state index contributed by atoms with van der Waals surface area (Å²) in [6, 6.07) is 8.37. The SMILES string of the molecule is CC(C)Oc1ccc(S(=O)(=O)N2CCN(C(=O)c3cc4n(n3)CCCC4)CC2)cc1. The Morgan fingerprint density at radius 2 is 1.73 bits per heavy atom. The number of amides is 1. The second-order valence-electron chi connectivity index (χ2n) is 8.04. The second-order valence-corrected chi connectivity index (χ2v) is 9.97. The molecule has 1 saturated heterocycles. The van der Waals surface area contributed by atoms with Gasteiger partial charge in [0.25, 0.3) is 5.91 Å². The van der Waals surface area contributed by atoms with Crippen LogP contribution in [0.15, 0.2) is 35.2 Å². The highest BCUT2D eigenvalue weighted by atomic mass is 32.2. The summed E-state index contributed by atoms with van der Waals surface area (Å²) in [6.07, 6.45) is 3.19. The molecule has 1 aromatic heterocycles. The third kappa shape index (κ3) is 4.22. The number of benzene rings is 1. The maximum atomic E-state index is 13.0. The molecule has 2 aliphatic rings. The summed E-state index contributed by atoms with van der Waals surface area (Å²) < 4.78 is 34.9. The fraction of sp³-hybridized carbons (Fsp3) is 0.524. The van der Waals surface area contributed by atoms with Crippen molar-refractivity contribution in [1.29, 1.82) is 0 Å². The fourth-order valence-electron chi connectivity index (χ4n) is 3.93. The lowest BCUT2D eigenvalue weighted by molar-refractivity contribution is 0.0691. The van der Waals surface area contributed by atoms with E-state index in [9.17, 15) is 13.2 Å². The number of nitrogens with zero attached hydrogens (tertiary/aromatic N) is 4. The number of hydrogen-bond acceptors (Lipinski definition) is 5. The van der Waals surface area contributed by atoms with Gasteiger partial charge >= 0.3 is 0 Å². The highest BCUT2D eigenvalue weighted by Gasteiger charge is 2.31. The number of rotatable bonds is 5. The summed E-state index contributed by atoms with van der Waals surface area (Å²) in [5.74, 6) is 0.520. The molecule has 0 spiro atoms. The first-order valence-electron chi connectivity index (χ1n) is 10.5. The standard InChI is InChI=1S/C21H28N4O4S/c1-16(2)29-18-6-8-19(9-7-18)30(27,28)24-13-11-23(12-14-24)21(26)20-15-17-5-3-4-10-25(17)22-20/h6-9,15-16H,3-5,10-14H2,1-2H3. The number of aromatic nitrogens is 2. The lowest BCUT2D eigenvalue weighted by atomic mass is 10.1. The molecule has 0 bridgehead atoms. The lowest BCUT2D eigenvalue weighted by Gasteiger charge is -2.33. The summed E-state index contributed by atoms with van der Waals surface area (Å²) in [5, 5.41) is 4.45. The molecule has 0 atom stereocenters. The van der Waals surface area contributed by atoms with E-state index in [1.54, 1.807) is 29.2 Å². The Morgan fingerprint density at radius 3 is 2.37 bits per heavy atom. The third-order valence-corrected chi connectivity index (χ3v) is 7.41. The van der Waals surface area contributed by atoms with Crippen molar-refractivity contribution in [2.24, 2.45) is 0 Å². The summed E-state index contributed by atoms with van der Waals surface area (Å²) in [5.41, 5.74) is 1.57. The van der Waals surface area contributed by atoms with Crippen molar-refractivity contribution in [3.63, 3.8) is 0 Å². The van der Waals surface area contributed by atoms with E-state index in [1.807, 2.05) is 24.6 Å². The van der Waals surface area contributed by atoms with Gasteiger partial charge in [-0.3, -0.25) is 9.48 Å². The summed E-state index contributed by atoms with van der Waals surface area (Å²) >= 11 is 0. The van der Waals surface area contributed by atoms with Crippen LogP contribution in [-0.4, -0.2) is 65.6 Å². The Bertz CT molecular complexity index is 983. The van der Waals surface area contributed by atoms with Gasteiger partial charge in [0.1, 0.15) is 5.75 Å². The first kappa shape index (κ1) is 20.9. The van der Waals surface area contributed by atoms with E-state index in [0.29, 0.717) is 24.5 Å². The van der Waals surface area contributed by atoms with Crippen molar-refractivity contribution in [1.82, 2.24) is 19.0 Å². The van der Waals surface area contributed by atoms with Gasteiger partial charge in [-0.2, -0.15) is 9.40 Å². The van der Waals surface area contributed by atoms with Crippen LogP contribution in [0.2, 0.25) is 0 Å². The largest absolute Gasteiger partial charge is 0.491 e. The molecule has 2 aliphatic heterocycles. The number of carbonyl (C=O) groups is 1. The quantitative estimate of drug-likeness (QED) is 0.723. The fourth-order valence-corrected chi connectivity index (χ4v) is 5.35. The molecule has 1 amide bonds. The number of aryl methyl sites for hydroxylation is 2. The zero-order valence-corrected chi connectivity index (χ0v) is 18.3. The normalized spacial score (nSPS) is 17.8. The number of fused-ring (bicyclic) bond motifs is 1. The van der Waals surface area contributed by atoms with Crippen LogP contribution >= 0.6 is 0 Å². The minimum Gasteiger partial charge on any atom is -0.491 e. The Balaban J connectivity index is 1.39. The van der Waals surface area contributed by atoms with Crippen molar-refractivity contribution in [2.75, 3.05) is 26.2 Å². The Morgan fingerprint density at radius 1 is 1.03 bits per heavy atom. The number of carbonyl (C=O) groups excluding carboxylic acids is 1. The third-order valence-electron chi connectivity index (χ3n) is 5.49. The van der Waals surface area contributed by atoms with Gasteiger partial charge in [0.15, 0.2) is 5.69 Å². The molecule has 0 unspecified atom stereocenters. The predicted molar refractivity (Wildman–Crippen MR) is 112 cm³/mol. The van der Waals surface area contributed by atoms with E-state index < -0.39 is 10.0 Å². The van der Waals surface area contributed by atoms with Crippen molar-refractivity contribution in [3.05, 3.63) is 41.7 Å². The topological polar surface area (TPSA) is 84.7 Å². The summed E-state index contributed by atoms with van der Waals surface area (Å²) in [7, 11) is -3.60. The van der Waals surface area contributed by atoms with Gasteiger partial charge < -0.3 is 9.64 Å². The van der Waals surface area contributed by atoms with Gasteiger partial charge in [-0.1, -0.05) is 0 Å². The minimum atomic E-state index is -3.60. The van der Waals surface area contributed by atoms with Crippen molar-refractivity contribution in [2.45, 2.75) is 50.7 Å². The molecule has 0 radical (unpaired) electrons. The average molecular weight is 433 g/mol. The van der Waals surface area contributed by atoms with Crippen LogP contribution in [0.25, 0.3) is 0 Å². The van der Waals surface area contributed by atoms with Gasteiger partial charge in [-0.05, 0) is 63.4 Å². The molecule has 3 heterocycles. The molecule has 4 rings (SSSR count). The van der Waals surface area contributed by atoms with E-state index in [0.717, 1.165) is 31.5 Å². The van der Waals surface area contributed by atoms with Crippen LogP contribution in [-0.2, 0) is 23.0 Å². The van der Waals surface area contributed by atoms with E-state index >= 15 is 0 Å². The maximum absolute atomic E-state index is 13.0. The van der Waals surface area contributed by atoms with Crippen molar-refractivity contribution >= 4 is 15.9 Å². The second kappa shape index (κ2) is 8.39. The van der Waals surface area contributed by atoms with Gasteiger partial charge in [0.2, 0.25) is 10.0 Å². The molecule has 0 N–H and O–H groups in total. The first-order valence-corrected chi connectivity index (χ1v) is 11.9. The monoisotopic (exact) mass is 432 g/mol. The van der Waals surface area contributed by atoms with E-state index in [-0.39, 0.29) is 30.0 Å². The molecular weight excluding hydrogens is 404 g/mol. The van der Waals surface area contributed by atoms with Crippen molar-refractivity contribution < 1.29 is 17.9 Å². The van der Waals surface area contributed by atoms with Gasteiger partial charge in [0.05, 0.1) is 11.0 Å². The minimum absolute atomic E-state index is 0.0268. The van der Waals surface area contributed by atoms with Crippen LogP contribution in [0.5, 0.6) is 5.75 Å². The van der Waals surface area contributed by atoms with Gasteiger partial charge in [-0.15, -0.1) is 0 Å². The molecule has 30 heavy (non-hydrogen) atoms. The molecule has 0 aliphatic carbocycles. The highest BCUT2D eigenvalue weighted by molar-refractivity contribution is 7.89. The first-order chi connectivity index (χ1) is 14.3. The Hall–Kier alpha value is -2.39. The molecule has 1 fully saturated rings. The van der Waals surface area contributed by atoms with Gasteiger partial charge in [-0.25, -0.2) is 8.42 Å². The van der Waals surface area contributed by atoms with Crippen LogP contribution < -0.4 is 4.74 Å². The van der Waals surface area contributed by atoms with Crippen LogP contribution in [0.3, 0.4) is 0 Å². The van der Waals surface area contributed by atoms with Crippen LogP contribution in [0.4, 0.5) is 0 Å². The smallest absolute Gasteiger partial charge is 0.274 e. The molecule has 1 aromatic carbocycles. The summed E-state index contributed by atoms with van der Waals surface area (Å²) in [6.45, 7) is 5.95. The maximum Gasteiger partial charge on any atom is 0.274 e. The van der Waals surface area contributed by atoms with E-state index in [4.69, 9.17) is 4.74 Å². The zero-order chi connectivity index (χ0) is 21.3. The number of hydrogen-bond donors (Lipinski definition) is 0. The molecular formula is C21H28N4O4S. The Kier molecular flexibility index (Phi) is 5.84. The Labute approximate surface area is 177 Å². The highest BCUT2D eigenvalue weighted by Crippen LogP contribution is 2.22. The van der Waals surface area contributed by atoms with Crippen molar-refractivity contribution in [3.8, 4) is 5.75 Å². The average Bonchev–Trinajstić information content (AvgIpc) is 3.17. The van der Waals surface area contributed by atoms with Crippen LogP contribution in [0, 0.1) is 0 Å². The number of sulfonamides is 1. The number of piperazine rings is 1. The molecule has 2 aromatic rings. The van der Waals surface area contributed by atoms with Crippen LogP contribution in [0.1, 0.15) is 42.9 Å². The molecule has 162 valence electrons. The van der Waals surface area contributed by atoms with E-state index in [2.05, 4.69) is 5.10 Å². The molecule has 0 saturated carbocycles. The molecule has 9 heteroatoms. The van der Waals surface area contributed by atoms with Gasteiger partial charge in [0, 0.05) is 38.4 Å². The molecule has 8 nitrogen and oxygen atoms in total. The zero-order valence-electron chi connectivity index (χ0n) is 17.5. The number of ether oxygens (including phenoxy) is 1. The lowest BCUT2D eigenvalue weighted by Crippen LogP contribution is -2.50. The summed E-state index contributed by atoms with van der Waals surface area (Å²) in [4.78, 5) is 14.8. The predicted octanol–water partition coefficient (Wildman–Crippen LogP) is 2.15. The van der Waals surface area contributed by atoms with E-state index in [1.165, 1.54) is 4.31 Å².